The largest absolute Gasteiger partial charge is 0.489 e. The van der Waals surface area contributed by atoms with Gasteiger partial charge in [-0.15, -0.1) is 0 Å². The van der Waals surface area contributed by atoms with Crippen molar-refractivity contribution >= 4 is 0 Å². The number of rotatable bonds is 2. The Bertz CT molecular complexity index is 398. The average molecular weight is 201 g/mol. The standard InChI is InChI=1S/C9H6F3NO/c1-2-14-9-5(4-13)3-6(10)7(11)8(9)12/h3H,2H2,1H3. The van der Waals surface area contributed by atoms with Crippen LogP contribution in [0.2, 0.25) is 0 Å². The van der Waals surface area contributed by atoms with Crippen molar-refractivity contribution in [3.63, 3.8) is 0 Å². The van der Waals surface area contributed by atoms with Gasteiger partial charge in [-0.25, -0.2) is 8.78 Å². The molecule has 0 unspecified atom stereocenters. The van der Waals surface area contributed by atoms with Crippen LogP contribution in [0.3, 0.4) is 0 Å². The highest BCUT2D eigenvalue weighted by molar-refractivity contribution is 5.44. The van der Waals surface area contributed by atoms with E-state index in [1.807, 2.05) is 0 Å². The summed E-state index contributed by atoms with van der Waals surface area (Å²) in [6.45, 7) is 1.61. The third-order valence-electron chi connectivity index (χ3n) is 1.53. The summed E-state index contributed by atoms with van der Waals surface area (Å²) >= 11 is 0. The van der Waals surface area contributed by atoms with Crippen molar-refractivity contribution < 1.29 is 17.9 Å². The lowest BCUT2D eigenvalue weighted by atomic mass is 10.2. The maximum Gasteiger partial charge on any atom is 0.205 e. The Balaban J connectivity index is 3.39. The first kappa shape index (κ1) is 10.4. The van der Waals surface area contributed by atoms with Crippen LogP contribution in [-0.2, 0) is 0 Å². The predicted molar refractivity (Wildman–Crippen MR) is 42.2 cm³/mol. The molecule has 1 rings (SSSR count). The summed E-state index contributed by atoms with van der Waals surface area (Å²) in [5, 5.41) is 8.50. The fraction of sp³-hybridized carbons (Fsp3) is 0.222. The molecular weight excluding hydrogens is 195 g/mol. The minimum Gasteiger partial charge on any atom is -0.489 e. The zero-order valence-electron chi connectivity index (χ0n) is 7.27. The molecule has 0 aliphatic carbocycles. The van der Waals surface area contributed by atoms with Gasteiger partial charge in [-0.2, -0.15) is 9.65 Å². The van der Waals surface area contributed by atoms with Crippen LogP contribution in [0.25, 0.3) is 0 Å². The van der Waals surface area contributed by atoms with E-state index < -0.39 is 23.2 Å². The third kappa shape index (κ3) is 1.64. The minimum atomic E-state index is -1.63. The topological polar surface area (TPSA) is 33.0 Å². The maximum absolute atomic E-state index is 13.0. The Hall–Kier alpha value is -1.70. The second-order valence-corrected chi connectivity index (χ2v) is 2.41. The van der Waals surface area contributed by atoms with Crippen LogP contribution < -0.4 is 4.74 Å². The molecule has 0 amide bonds. The van der Waals surface area contributed by atoms with E-state index in [-0.39, 0.29) is 12.2 Å². The molecule has 0 N–H and O–H groups in total. The second kappa shape index (κ2) is 4.01. The molecule has 0 aliphatic heterocycles. The van der Waals surface area contributed by atoms with Gasteiger partial charge in [0.25, 0.3) is 0 Å². The van der Waals surface area contributed by atoms with Gasteiger partial charge in [0.2, 0.25) is 5.82 Å². The molecule has 0 saturated heterocycles. The molecule has 14 heavy (non-hydrogen) atoms. The first-order chi connectivity index (χ1) is 6.61. The van der Waals surface area contributed by atoms with E-state index >= 15 is 0 Å². The smallest absolute Gasteiger partial charge is 0.205 e. The van der Waals surface area contributed by atoms with Gasteiger partial charge in [-0.1, -0.05) is 0 Å². The first-order valence-corrected chi connectivity index (χ1v) is 3.82. The van der Waals surface area contributed by atoms with Crippen LogP contribution in [0.1, 0.15) is 12.5 Å². The van der Waals surface area contributed by atoms with Gasteiger partial charge < -0.3 is 4.74 Å². The molecule has 0 atom stereocenters. The van der Waals surface area contributed by atoms with Gasteiger partial charge in [0.1, 0.15) is 11.6 Å². The molecule has 0 bridgehead atoms. The number of nitriles is 1. The van der Waals surface area contributed by atoms with Crippen LogP contribution in [0.15, 0.2) is 6.07 Å². The second-order valence-electron chi connectivity index (χ2n) is 2.41. The van der Waals surface area contributed by atoms with Crippen molar-refractivity contribution in [2.75, 3.05) is 6.61 Å². The lowest BCUT2D eigenvalue weighted by Gasteiger charge is -2.07. The zero-order chi connectivity index (χ0) is 10.7. The van der Waals surface area contributed by atoms with E-state index in [0.29, 0.717) is 6.07 Å². The lowest BCUT2D eigenvalue weighted by Crippen LogP contribution is -2.02. The van der Waals surface area contributed by atoms with Gasteiger partial charge in [-0.05, 0) is 13.0 Å². The Morgan fingerprint density at radius 3 is 2.50 bits per heavy atom. The number of nitrogens with zero attached hydrogens (tertiary/aromatic N) is 1. The molecular formula is C9H6F3NO. The molecule has 5 heteroatoms. The summed E-state index contributed by atoms with van der Waals surface area (Å²) in [4.78, 5) is 0. The summed E-state index contributed by atoms with van der Waals surface area (Å²) < 4.78 is 43.0. The summed E-state index contributed by atoms with van der Waals surface area (Å²) in [5.41, 5.74) is -0.358. The summed E-state index contributed by atoms with van der Waals surface area (Å²) in [7, 11) is 0. The lowest BCUT2D eigenvalue weighted by molar-refractivity contribution is 0.308. The molecule has 74 valence electrons. The van der Waals surface area contributed by atoms with E-state index in [1.54, 1.807) is 6.92 Å². The Labute approximate surface area is 78.5 Å². The molecule has 0 heterocycles. The Kier molecular flexibility index (Phi) is 2.97. The number of halogens is 3. The van der Waals surface area contributed by atoms with E-state index in [0.717, 1.165) is 0 Å². The van der Waals surface area contributed by atoms with Gasteiger partial charge in [0, 0.05) is 0 Å². The van der Waals surface area contributed by atoms with E-state index in [1.165, 1.54) is 6.07 Å². The molecule has 0 radical (unpaired) electrons. The van der Waals surface area contributed by atoms with Crippen LogP contribution in [0, 0.1) is 28.8 Å². The number of hydrogen-bond acceptors (Lipinski definition) is 2. The van der Waals surface area contributed by atoms with E-state index in [9.17, 15) is 13.2 Å². The SMILES string of the molecule is CCOc1c(C#N)cc(F)c(F)c1F. The van der Waals surface area contributed by atoms with Crippen LogP contribution in [-0.4, -0.2) is 6.61 Å². The summed E-state index contributed by atoms with van der Waals surface area (Å²) in [6, 6.07) is 2.12. The highest BCUT2D eigenvalue weighted by atomic mass is 19.2. The quantitative estimate of drug-likeness (QED) is 0.688. The van der Waals surface area contributed by atoms with Crippen molar-refractivity contribution in [1.29, 1.82) is 5.26 Å². The van der Waals surface area contributed by atoms with Gasteiger partial charge in [0.15, 0.2) is 17.4 Å². The molecule has 0 saturated carbocycles. The zero-order valence-corrected chi connectivity index (χ0v) is 7.27. The monoisotopic (exact) mass is 201 g/mol. The number of ether oxygens (including phenoxy) is 1. The van der Waals surface area contributed by atoms with E-state index in [4.69, 9.17) is 10.00 Å². The molecule has 1 aromatic carbocycles. The van der Waals surface area contributed by atoms with E-state index in [2.05, 4.69) is 0 Å². The minimum absolute atomic E-state index is 0.0661. The maximum atomic E-state index is 13.0. The van der Waals surface area contributed by atoms with Gasteiger partial charge >= 0.3 is 0 Å². The normalized spacial score (nSPS) is 9.64. The fourth-order valence-electron chi connectivity index (χ4n) is 0.947. The first-order valence-electron chi connectivity index (χ1n) is 3.82. The fourth-order valence-corrected chi connectivity index (χ4v) is 0.947. The number of hydrogen-bond donors (Lipinski definition) is 0. The molecule has 0 aliphatic rings. The molecule has 0 fully saturated rings. The van der Waals surface area contributed by atoms with Crippen LogP contribution in [0.5, 0.6) is 5.75 Å². The van der Waals surface area contributed by atoms with Crippen LogP contribution in [0.4, 0.5) is 13.2 Å². The van der Waals surface area contributed by atoms with Crippen LogP contribution >= 0.6 is 0 Å². The van der Waals surface area contributed by atoms with Crippen molar-refractivity contribution in [1.82, 2.24) is 0 Å². The van der Waals surface area contributed by atoms with Crippen molar-refractivity contribution in [3.05, 3.63) is 29.1 Å². The van der Waals surface area contributed by atoms with Gasteiger partial charge in [-0.3, -0.25) is 0 Å². The van der Waals surface area contributed by atoms with Crippen molar-refractivity contribution in [3.8, 4) is 11.8 Å². The third-order valence-corrected chi connectivity index (χ3v) is 1.53. The summed E-state index contributed by atoms with van der Waals surface area (Å²) in [5.74, 6) is -5.05. The Morgan fingerprint density at radius 1 is 1.36 bits per heavy atom. The average Bonchev–Trinajstić information content (AvgIpc) is 2.19. The Morgan fingerprint density at radius 2 is 2.00 bits per heavy atom. The molecule has 0 aromatic heterocycles. The number of benzene rings is 1. The molecule has 1 aromatic rings. The van der Waals surface area contributed by atoms with Crippen molar-refractivity contribution in [2.45, 2.75) is 6.92 Å². The van der Waals surface area contributed by atoms with Crippen molar-refractivity contribution in [2.24, 2.45) is 0 Å². The molecule has 0 spiro atoms. The highest BCUT2D eigenvalue weighted by Gasteiger charge is 2.19. The van der Waals surface area contributed by atoms with Gasteiger partial charge in [0.05, 0.1) is 6.61 Å². The summed E-state index contributed by atoms with van der Waals surface area (Å²) in [6.07, 6.45) is 0. The highest BCUT2D eigenvalue weighted by Crippen LogP contribution is 2.26. The molecule has 2 nitrogen and oxygen atoms in total. The predicted octanol–water partition coefficient (Wildman–Crippen LogP) is 2.37.